The smallest absolute Gasteiger partial charge is 0.104 e. The molecule has 0 radical (unpaired) electrons. The van der Waals surface area contributed by atoms with Gasteiger partial charge in [-0.15, -0.1) is 0 Å². The fourth-order valence-electron chi connectivity index (χ4n) is 2.47. The van der Waals surface area contributed by atoms with Gasteiger partial charge in [-0.3, -0.25) is 0 Å². The molecule has 0 aliphatic rings. The Morgan fingerprint density at radius 1 is 0.600 bits per heavy atom. The van der Waals surface area contributed by atoms with E-state index in [1.54, 1.807) is 0 Å². The second-order valence-corrected chi connectivity index (χ2v) is 9.22. The molecule has 0 bridgehead atoms. The van der Waals surface area contributed by atoms with Gasteiger partial charge in [0.05, 0.1) is 75.5 Å². The first-order chi connectivity index (χ1) is 11.3. The van der Waals surface area contributed by atoms with E-state index in [0.717, 1.165) is 15.5 Å². The standard InChI is InChI=1S/C10H16N.C8H20N.C4H12N/c1-11(2,3)9-10-7-5-4-6-8-10;1-5-9(6-2,7-3)8-4;1-5(2,3)4/h4-8H,9H2,1-3H3;5-8H2,1-4H3;1-4H3/q3*+1. The van der Waals surface area contributed by atoms with Gasteiger partial charge in [0.25, 0.3) is 0 Å². The van der Waals surface area contributed by atoms with Crippen LogP contribution in [0.3, 0.4) is 0 Å². The number of benzene rings is 1. The second-order valence-electron chi connectivity index (χ2n) is 9.22. The van der Waals surface area contributed by atoms with Gasteiger partial charge in [0.2, 0.25) is 0 Å². The van der Waals surface area contributed by atoms with E-state index >= 15 is 0 Å². The molecular weight excluding hydrogens is 306 g/mol. The zero-order valence-corrected chi connectivity index (χ0v) is 19.3. The Bertz CT molecular complexity index is 386. The van der Waals surface area contributed by atoms with Gasteiger partial charge in [0.15, 0.2) is 0 Å². The van der Waals surface area contributed by atoms with Crippen molar-refractivity contribution in [3.05, 3.63) is 35.9 Å². The van der Waals surface area contributed by atoms with Crippen LogP contribution in [-0.4, -0.2) is 89.0 Å². The fourth-order valence-corrected chi connectivity index (χ4v) is 2.47. The summed E-state index contributed by atoms with van der Waals surface area (Å²) in [4.78, 5) is 0. The third-order valence-electron chi connectivity index (χ3n) is 4.18. The van der Waals surface area contributed by atoms with E-state index in [2.05, 4.69) is 107 Å². The average Bonchev–Trinajstić information content (AvgIpc) is 2.48. The second kappa shape index (κ2) is 12.5. The third-order valence-corrected chi connectivity index (χ3v) is 4.18. The molecule has 0 N–H and O–H groups in total. The summed E-state index contributed by atoms with van der Waals surface area (Å²) in [5, 5.41) is 0. The third kappa shape index (κ3) is 17.7. The van der Waals surface area contributed by atoms with E-state index in [9.17, 15) is 0 Å². The van der Waals surface area contributed by atoms with Crippen LogP contribution in [-0.2, 0) is 6.54 Å². The molecule has 0 aliphatic heterocycles. The van der Waals surface area contributed by atoms with Crippen LogP contribution in [0.15, 0.2) is 30.3 Å². The van der Waals surface area contributed by atoms with Crippen LogP contribution in [0.2, 0.25) is 0 Å². The maximum absolute atomic E-state index is 2.27. The maximum Gasteiger partial charge on any atom is 0.104 e. The summed E-state index contributed by atoms with van der Waals surface area (Å²) in [6.07, 6.45) is 0. The molecule has 1 aromatic rings. The summed E-state index contributed by atoms with van der Waals surface area (Å²) in [6, 6.07) is 10.6. The predicted octanol–water partition coefficient (Wildman–Crippen LogP) is 4.10. The molecule has 0 aromatic heterocycles. The largest absolute Gasteiger partial charge is 0.333 e. The normalized spacial score (nSPS) is 11.8. The molecule has 0 heterocycles. The Morgan fingerprint density at radius 2 is 0.920 bits per heavy atom. The Hall–Kier alpha value is -0.900. The molecule has 0 atom stereocenters. The van der Waals surface area contributed by atoms with E-state index in [4.69, 9.17) is 0 Å². The van der Waals surface area contributed by atoms with Gasteiger partial charge in [-0.25, -0.2) is 0 Å². The highest BCUT2D eigenvalue weighted by molar-refractivity contribution is 5.13. The zero-order chi connectivity index (χ0) is 20.1. The summed E-state index contributed by atoms with van der Waals surface area (Å²) in [6.45, 7) is 15.3. The molecule has 3 heteroatoms. The van der Waals surface area contributed by atoms with Crippen LogP contribution >= 0.6 is 0 Å². The molecular formula is C22H48N3+3. The molecule has 0 saturated heterocycles. The van der Waals surface area contributed by atoms with Crippen molar-refractivity contribution in [3.8, 4) is 0 Å². The number of hydrogen-bond acceptors (Lipinski definition) is 0. The highest BCUT2D eigenvalue weighted by atomic mass is 15.3. The summed E-state index contributed by atoms with van der Waals surface area (Å²) in [5.41, 5.74) is 1.40. The van der Waals surface area contributed by atoms with Crippen LogP contribution in [0.5, 0.6) is 0 Å². The van der Waals surface area contributed by atoms with Gasteiger partial charge in [0, 0.05) is 5.56 Å². The first-order valence-corrected chi connectivity index (χ1v) is 9.80. The van der Waals surface area contributed by atoms with Crippen LogP contribution in [0.25, 0.3) is 0 Å². The minimum absolute atomic E-state index is 0.990. The van der Waals surface area contributed by atoms with Gasteiger partial charge in [-0.05, 0) is 27.7 Å². The van der Waals surface area contributed by atoms with Gasteiger partial charge >= 0.3 is 0 Å². The average molecular weight is 355 g/mol. The highest BCUT2D eigenvalue weighted by Gasteiger charge is 2.16. The number of quaternary nitrogens is 3. The summed E-state index contributed by atoms with van der Waals surface area (Å²) >= 11 is 0. The van der Waals surface area contributed by atoms with Crippen LogP contribution < -0.4 is 0 Å². The van der Waals surface area contributed by atoms with Crippen LogP contribution in [0.4, 0.5) is 0 Å². The first-order valence-electron chi connectivity index (χ1n) is 9.80. The lowest BCUT2D eigenvalue weighted by Crippen LogP contribution is -2.47. The lowest BCUT2D eigenvalue weighted by atomic mass is 10.2. The lowest BCUT2D eigenvalue weighted by molar-refractivity contribution is -0.921. The molecule has 25 heavy (non-hydrogen) atoms. The first kappa shape index (κ1) is 26.3. The van der Waals surface area contributed by atoms with Crippen molar-refractivity contribution >= 4 is 0 Å². The monoisotopic (exact) mass is 354 g/mol. The molecule has 0 saturated carbocycles. The summed E-state index contributed by atoms with van der Waals surface area (Å²) in [7, 11) is 15.1. The van der Waals surface area contributed by atoms with E-state index in [-0.39, 0.29) is 0 Å². The number of hydrogen-bond donors (Lipinski definition) is 0. The Morgan fingerprint density at radius 3 is 1.12 bits per heavy atom. The molecule has 0 spiro atoms. The minimum Gasteiger partial charge on any atom is -0.333 e. The van der Waals surface area contributed by atoms with Crippen molar-refractivity contribution in [3.63, 3.8) is 0 Å². The molecule has 1 aromatic carbocycles. The quantitative estimate of drug-likeness (QED) is 0.675. The van der Waals surface area contributed by atoms with Crippen molar-refractivity contribution < 1.29 is 13.4 Å². The van der Waals surface area contributed by atoms with Crippen LogP contribution in [0, 0.1) is 0 Å². The summed E-state index contributed by atoms with van der Waals surface area (Å²) < 4.78 is 3.27. The molecule has 0 aliphatic carbocycles. The lowest BCUT2D eigenvalue weighted by Gasteiger charge is -2.34. The van der Waals surface area contributed by atoms with Crippen molar-refractivity contribution in [1.82, 2.24) is 0 Å². The van der Waals surface area contributed by atoms with Gasteiger partial charge < -0.3 is 13.4 Å². The molecule has 1 rings (SSSR count). The van der Waals surface area contributed by atoms with E-state index in [0.29, 0.717) is 0 Å². The van der Waals surface area contributed by atoms with Crippen molar-refractivity contribution in [1.29, 1.82) is 0 Å². The Balaban J connectivity index is 0. The van der Waals surface area contributed by atoms with Gasteiger partial charge in [-0.1, -0.05) is 30.3 Å². The van der Waals surface area contributed by atoms with Crippen molar-refractivity contribution in [2.45, 2.75) is 34.2 Å². The van der Waals surface area contributed by atoms with Gasteiger partial charge in [0.1, 0.15) is 6.54 Å². The Labute approximate surface area is 159 Å². The topological polar surface area (TPSA) is 0 Å². The van der Waals surface area contributed by atoms with Crippen molar-refractivity contribution in [2.24, 2.45) is 0 Å². The SMILES string of the molecule is CC[N+](CC)(CC)CC.C[N+](C)(C)C.C[N+](C)(C)Cc1ccccc1. The minimum atomic E-state index is 0.990. The van der Waals surface area contributed by atoms with E-state index in [1.807, 2.05) is 0 Å². The number of rotatable bonds is 6. The van der Waals surface area contributed by atoms with Gasteiger partial charge in [-0.2, -0.15) is 0 Å². The molecule has 148 valence electrons. The fraction of sp³-hybridized carbons (Fsp3) is 0.727. The van der Waals surface area contributed by atoms with E-state index < -0.39 is 0 Å². The highest BCUT2D eigenvalue weighted by Crippen LogP contribution is 2.05. The number of nitrogens with zero attached hydrogens (tertiary/aromatic N) is 3. The zero-order valence-electron chi connectivity index (χ0n) is 19.3. The Kier molecular flexibility index (Phi) is 13.1. The predicted molar refractivity (Wildman–Crippen MR) is 115 cm³/mol. The molecule has 0 unspecified atom stereocenters. The maximum atomic E-state index is 2.27. The van der Waals surface area contributed by atoms with E-state index in [1.165, 1.54) is 36.2 Å². The summed E-state index contributed by atoms with van der Waals surface area (Å²) in [5.74, 6) is 0. The van der Waals surface area contributed by atoms with Crippen molar-refractivity contribution in [2.75, 3.05) is 75.5 Å². The molecule has 0 fully saturated rings. The molecule has 0 amide bonds. The van der Waals surface area contributed by atoms with Crippen LogP contribution in [0.1, 0.15) is 33.3 Å². The molecule has 3 nitrogen and oxygen atoms in total.